The molecule has 2 amide bonds. The summed E-state index contributed by atoms with van der Waals surface area (Å²) < 4.78 is 22.4. The number of aromatic nitrogens is 3. The van der Waals surface area contributed by atoms with E-state index in [9.17, 15) is 27.9 Å². The van der Waals surface area contributed by atoms with Crippen LogP contribution in [0.25, 0.3) is 0 Å². The van der Waals surface area contributed by atoms with Gasteiger partial charge in [-0.25, -0.2) is 8.42 Å². The Morgan fingerprint density at radius 3 is 2.79 bits per heavy atom. The molecule has 28 heavy (non-hydrogen) atoms. The molecule has 0 aliphatic carbocycles. The summed E-state index contributed by atoms with van der Waals surface area (Å²) in [5, 5.41) is 23.9. The second-order valence-corrected chi connectivity index (χ2v) is 10.1. The van der Waals surface area contributed by atoms with Gasteiger partial charge in [0.1, 0.15) is 22.2 Å². The molecule has 0 aromatic carbocycles. The predicted octanol–water partition coefficient (Wildman–Crippen LogP) is -5.65. The predicted molar refractivity (Wildman–Crippen MR) is 93.9 cm³/mol. The van der Waals surface area contributed by atoms with Gasteiger partial charge in [0.15, 0.2) is 9.84 Å². The van der Waals surface area contributed by atoms with Gasteiger partial charge in [-0.05, 0) is 5.57 Å². The first kappa shape index (κ1) is 23.2. The Bertz CT molecular complexity index is 919. The molecule has 146 valence electrons. The molecule has 2 atom stereocenters. The summed E-state index contributed by atoms with van der Waals surface area (Å²) in [5.74, 6) is -3.03. The van der Waals surface area contributed by atoms with Gasteiger partial charge in [0.25, 0.3) is 5.91 Å². The van der Waals surface area contributed by atoms with Gasteiger partial charge in [-0.3, -0.25) is 14.5 Å². The van der Waals surface area contributed by atoms with Crippen molar-refractivity contribution in [1.29, 1.82) is 0 Å². The average Bonchev–Trinajstić information content (AvgIpc) is 3.08. The number of rotatable bonds is 7. The number of carbonyl (C=O) groups excluding carboxylic acids is 3. The van der Waals surface area contributed by atoms with Gasteiger partial charge in [0.2, 0.25) is 5.91 Å². The second-order valence-electron chi connectivity index (χ2n) is 5.86. The third kappa shape index (κ3) is 5.10. The van der Waals surface area contributed by atoms with Crippen molar-refractivity contribution in [2.75, 3.05) is 23.5 Å². The standard InChI is InChI=1S/C13H15N5O6S3.Na/c1-27(23,24)5-7(19)15-9-11(20)18-10(13(21)22)6(4-26-12(9)18)3-25-8-2-14-17-16-8;/h2,9,12H,3-5H2,1H3,(H,15,19)(H,21,22)(H,14,16,17);/q;+1/p-1/t9-,12-;/m1./s1. The van der Waals surface area contributed by atoms with Gasteiger partial charge in [-0.2, -0.15) is 10.3 Å². The molecule has 3 heterocycles. The van der Waals surface area contributed by atoms with Crippen LogP contribution in [-0.2, 0) is 24.2 Å². The molecule has 1 saturated heterocycles. The summed E-state index contributed by atoms with van der Waals surface area (Å²) >= 11 is 2.55. The quantitative estimate of drug-likeness (QED) is 0.230. The minimum atomic E-state index is -3.54. The maximum absolute atomic E-state index is 12.4. The summed E-state index contributed by atoms with van der Waals surface area (Å²) in [6, 6.07) is -0.969. The third-order valence-electron chi connectivity index (χ3n) is 3.74. The number of fused-ring (bicyclic) bond motifs is 1. The number of amides is 2. The number of nitrogens with zero attached hydrogens (tertiary/aromatic N) is 3. The fourth-order valence-electron chi connectivity index (χ4n) is 2.66. The monoisotopic (exact) mass is 455 g/mol. The molecule has 2 aliphatic rings. The van der Waals surface area contributed by atoms with E-state index >= 15 is 0 Å². The van der Waals surface area contributed by atoms with Crippen LogP contribution in [0, 0.1) is 0 Å². The molecule has 2 N–H and O–H groups in total. The molecule has 0 bridgehead atoms. The van der Waals surface area contributed by atoms with E-state index in [-0.39, 0.29) is 41.0 Å². The number of hydrogen-bond donors (Lipinski definition) is 2. The van der Waals surface area contributed by atoms with Gasteiger partial charge in [0, 0.05) is 17.8 Å². The number of hydrogen-bond acceptors (Lipinski definition) is 10. The van der Waals surface area contributed by atoms with E-state index in [0.29, 0.717) is 16.4 Å². The molecule has 0 spiro atoms. The molecule has 0 radical (unpaired) electrons. The molecular weight excluding hydrogens is 441 g/mol. The van der Waals surface area contributed by atoms with Crippen LogP contribution >= 0.6 is 23.5 Å². The molecule has 1 aromatic rings. The second kappa shape index (κ2) is 9.17. The number of H-pyrrole nitrogens is 1. The van der Waals surface area contributed by atoms with Gasteiger partial charge < -0.3 is 15.2 Å². The first-order valence-electron chi connectivity index (χ1n) is 7.51. The number of β-lactam (4-membered cyclic amide) rings is 1. The number of carboxylic acid groups (broad SMARTS) is 1. The molecule has 1 fully saturated rings. The fourth-order valence-corrected chi connectivity index (χ4v) is 5.49. The Hall–Kier alpha value is -1.06. The number of sulfone groups is 1. The Kier molecular flexibility index (Phi) is 7.61. The Balaban J connectivity index is 0.00000280. The summed E-state index contributed by atoms with van der Waals surface area (Å²) in [6.45, 7) is 0. The number of carboxylic acids is 1. The molecule has 0 unspecified atom stereocenters. The smallest absolute Gasteiger partial charge is 0.543 e. The Morgan fingerprint density at radius 2 is 2.21 bits per heavy atom. The minimum absolute atomic E-state index is 0. The van der Waals surface area contributed by atoms with Crippen molar-refractivity contribution < 1.29 is 57.5 Å². The van der Waals surface area contributed by atoms with Crippen LogP contribution < -0.4 is 40.0 Å². The summed E-state index contributed by atoms with van der Waals surface area (Å²) in [4.78, 5) is 36.8. The average molecular weight is 455 g/mol. The van der Waals surface area contributed by atoms with Crippen molar-refractivity contribution >= 4 is 51.1 Å². The van der Waals surface area contributed by atoms with Crippen molar-refractivity contribution in [2.24, 2.45) is 0 Å². The van der Waals surface area contributed by atoms with Crippen LogP contribution in [0.15, 0.2) is 22.5 Å². The number of aromatic amines is 1. The van der Waals surface area contributed by atoms with Crippen LogP contribution in [0.3, 0.4) is 0 Å². The number of carbonyl (C=O) groups is 3. The molecule has 2 aliphatic heterocycles. The van der Waals surface area contributed by atoms with Gasteiger partial charge in [0.05, 0.1) is 17.9 Å². The largest absolute Gasteiger partial charge is 1.00 e. The number of thioether (sulfide) groups is 2. The van der Waals surface area contributed by atoms with Crippen LogP contribution in [0.5, 0.6) is 0 Å². The van der Waals surface area contributed by atoms with E-state index in [2.05, 4.69) is 20.7 Å². The van der Waals surface area contributed by atoms with Gasteiger partial charge >= 0.3 is 29.6 Å². The van der Waals surface area contributed by atoms with E-state index in [0.717, 1.165) is 11.2 Å². The van der Waals surface area contributed by atoms with Gasteiger partial charge in [-0.1, -0.05) is 11.8 Å². The van der Waals surface area contributed by atoms with Crippen molar-refractivity contribution in [3.63, 3.8) is 0 Å². The Morgan fingerprint density at radius 1 is 1.50 bits per heavy atom. The fraction of sp³-hybridized carbons (Fsp3) is 0.462. The first-order valence-corrected chi connectivity index (χ1v) is 11.6. The molecule has 0 saturated carbocycles. The zero-order chi connectivity index (χ0) is 19.8. The van der Waals surface area contributed by atoms with E-state index in [4.69, 9.17) is 0 Å². The molecule has 15 heteroatoms. The van der Waals surface area contributed by atoms with E-state index < -0.39 is 44.8 Å². The van der Waals surface area contributed by atoms with Crippen molar-refractivity contribution in [1.82, 2.24) is 25.6 Å². The zero-order valence-corrected chi connectivity index (χ0v) is 19.3. The van der Waals surface area contributed by atoms with Crippen molar-refractivity contribution in [3.8, 4) is 0 Å². The number of aliphatic carboxylic acids is 1. The summed E-state index contributed by atoms with van der Waals surface area (Å²) in [6.07, 6.45) is 2.40. The maximum Gasteiger partial charge on any atom is 1.00 e. The normalized spacial score (nSPS) is 21.5. The van der Waals surface area contributed by atoms with Gasteiger partial charge in [-0.15, -0.1) is 16.9 Å². The maximum atomic E-state index is 12.4. The number of nitrogens with one attached hydrogen (secondary N) is 2. The van der Waals surface area contributed by atoms with Crippen LogP contribution in [0.1, 0.15) is 0 Å². The summed E-state index contributed by atoms with van der Waals surface area (Å²) in [7, 11) is -3.54. The minimum Gasteiger partial charge on any atom is -0.543 e. The van der Waals surface area contributed by atoms with Crippen molar-refractivity contribution in [3.05, 3.63) is 17.5 Å². The summed E-state index contributed by atoms with van der Waals surface area (Å²) in [5.41, 5.74) is 0.284. The molecular formula is C13H14N5NaO6S3. The molecule has 3 rings (SSSR count). The van der Waals surface area contributed by atoms with Crippen LogP contribution in [0.4, 0.5) is 0 Å². The van der Waals surface area contributed by atoms with Crippen LogP contribution in [-0.4, -0.2) is 81.4 Å². The Labute approximate surface area is 190 Å². The molecule has 11 nitrogen and oxygen atoms in total. The van der Waals surface area contributed by atoms with E-state index in [1.807, 2.05) is 0 Å². The van der Waals surface area contributed by atoms with E-state index in [1.54, 1.807) is 0 Å². The van der Waals surface area contributed by atoms with E-state index in [1.165, 1.54) is 29.7 Å². The van der Waals surface area contributed by atoms with Crippen molar-refractivity contribution in [2.45, 2.75) is 16.4 Å². The SMILES string of the molecule is CS(=O)(=O)CC(=O)N[C@@H]1C(=O)N2C(C(=O)[O-])=C(CSc3cn[nH]n3)CS[C@H]12.[Na+]. The topological polar surface area (TPSA) is 165 Å². The van der Waals surface area contributed by atoms with Crippen LogP contribution in [0.2, 0.25) is 0 Å². The first-order chi connectivity index (χ1) is 12.7. The third-order valence-corrected chi connectivity index (χ3v) is 6.85. The molecule has 1 aromatic heterocycles. The zero-order valence-electron chi connectivity index (χ0n) is 14.9.